The van der Waals surface area contributed by atoms with Gasteiger partial charge in [0.25, 0.3) is 0 Å². The van der Waals surface area contributed by atoms with Crippen molar-refractivity contribution in [3.05, 3.63) is 64.2 Å². The molecule has 2 unspecified atom stereocenters. The Labute approximate surface area is 131 Å². The minimum absolute atomic E-state index is 0.0637. The van der Waals surface area contributed by atoms with E-state index in [4.69, 9.17) is 11.6 Å². The van der Waals surface area contributed by atoms with Crippen LogP contribution in [0.5, 0.6) is 5.75 Å². The number of aryl methyl sites for hydroxylation is 1. The smallest absolute Gasteiger partial charge is 0.120 e. The van der Waals surface area contributed by atoms with Crippen LogP contribution in [0.25, 0.3) is 0 Å². The average Bonchev–Trinajstić information content (AvgIpc) is 2.47. The highest BCUT2D eigenvalue weighted by molar-refractivity contribution is 6.30. The summed E-state index contributed by atoms with van der Waals surface area (Å²) in [5, 5.41) is 14.4. The van der Waals surface area contributed by atoms with Gasteiger partial charge in [-0.05, 0) is 44.0 Å². The number of aromatic hydroxyl groups is 1. The highest BCUT2D eigenvalue weighted by atomic mass is 35.5. The van der Waals surface area contributed by atoms with Gasteiger partial charge in [-0.1, -0.05) is 48.4 Å². The fourth-order valence-corrected chi connectivity index (χ4v) is 2.78. The fraction of sp³-hybridized carbons (Fsp3) is 0.333. The molecule has 2 aromatic rings. The molecule has 0 fully saturated rings. The van der Waals surface area contributed by atoms with E-state index in [0.717, 1.165) is 22.6 Å². The standard InChI is InChI=1S/C18H22ClNO/c1-4-17(14-6-5-7-15(19)11-14)20-13(3)16-10-12(2)8-9-18(16)21/h5-11,13,17,20-21H,4H2,1-3H3. The molecule has 2 aromatic carbocycles. The van der Waals surface area contributed by atoms with Gasteiger partial charge in [0.05, 0.1) is 0 Å². The van der Waals surface area contributed by atoms with Crippen LogP contribution in [-0.2, 0) is 0 Å². The largest absolute Gasteiger partial charge is 0.508 e. The van der Waals surface area contributed by atoms with E-state index in [1.165, 1.54) is 5.56 Å². The predicted octanol–water partition coefficient (Wildman–Crippen LogP) is 5.16. The summed E-state index contributed by atoms with van der Waals surface area (Å²) < 4.78 is 0. The van der Waals surface area contributed by atoms with Crippen LogP contribution < -0.4 is 5.32 Å². The van der Waals surface area contributed by atoms with Gasteiger partial charge < -0.3 is 10.4 Å². The molecule has 0 aliphatic rings. The van der Waals surface area contributed by atoms with E-state index >= 15 is 0 Å². The Kier molecular flexibility index (Phi) is 5.27. The third kappa shape index (κ3) is 3.99. The van der Waals surface area contributed by atoms with Crippen molar-refractivity contribution in [2.45, 2.75) is 39.3 Å². The molecule has 2 N–H and O–H groups in total. The Morgan fingerprint density at radius 1 is 1.19 bits per heavy atom. The van der Waals surface area contributed by atoms with Crippen LogP contribution in [0.15, 0.2) is 42.5 Å². The zero-order chi connectivity index (χ0) is 15.4. The van der Waals surface area contributed by atoms with Crippen molar-refractivity contribution in [2.75, 3.05) is 0 Å². The molecule has 0 aromatic heterocycles. The summed E-state index contributed by atoms with van der Waals surface area (Å²) in [5.74, 6) is 0.335. The first-order chi connectivity index (χ1) is 10.0. The van der Waals surface area contributed by atoms with Crippen LogP contribution in [0.3, 0.4) is 0 Å². The first-order valence-electron chi connectivity index (χ1n) is 7.32. The molecule has 112 valence electrons. The van der Waals surface area contributed by atoms with Crippen LogP contribution >= 0.6 is 11.6 Å². The molecule has 0 bridgehead atoms. The van der Waals surface area contributed by atoms with E-state index in [0.29, 0.717) is 5.75 Å². The number of rotatable bonds is 5. The van der Waals surface area contributed by atoms with E-state index in [2.05, 4.69) is 25.2 Å². The summed E-state index contributed by atoms with van der Waals surface area (Å²) in [5.41, 5.74) is 3.24. The predicted molar refractivity (Wildman–Crippen MR) is 88.9 cm³/mol. The third-order valence-corrected chi connectivity index (χ3v) is 4.00. The van der Waals surface area contributed by atoms with Gasteiger partial charge in [-0.3, -0.25) is 0 Å². The molecule has 0 saturated carbocycles. The molecule has 21 heavy (non-hydrogen) atoms. The molecule has 0 heterocycles. The number of hydrogen-bond donors (Lipinski definition) is 2. The fourth-order valence-electron chi connectivity index (χ4n) is 2.59. The summed E-state index contributed by atoms with van der Waals surface area (Å²) in [6.45, 7) is 6.24. The first kappa shape index (κ1) is 15.9. The van der Waals surface area contributed by atoms with E-state index in [9.17, 15) is 5.11 Å². The SMILES string of the molecule is CCC(NC(C)c1cc(C)ccc1O)c1cccc(Cl)c1. The monoisotopic (exact) mass is 303 g/mol. The molecule has 2 rings (SSSR count). The number of hydrogen-bond acceptors (Lipinski definition) is 2. The maximum absolute atomic E-state index is 10.0. The van der Waals surface area contributed by atoms with E-state index in [-0.39, 0.29) is 12.1 Å². The molecule has 0 aliphatic heterocycles. The van der Waals surface area contributed by atoms with Crippen molar-refractivity contribution in [1.29, 1.82) is 0 Å². The Balaban J connectivity index is 2.20. The van der Waals surface area contributed by atoms with Crippen molar-refractivity contribution < 1.29 is 5.11 Å². The van der Waals surface area contributed by atoms with Gasteiger partial charge in [0.1, 0.15) is 5.75 Å². The summed E-state index contributed by atoms with van der Waals surface area (Å²) in [4.78, 5) is 0. The molecule has 0 amide bonds. The Morgan fingerprint density at radius 3 is 2.62 bits per heavy atom. The normalized spacial score (nSPS) is 13.9. The lowest BCUT2D eigenvalue weighted by Crippen LogP contribution is -2.24. The van der Waals surface area contributed by atoms with Gasteiger partial charge >= 0.3 is 0 Å². The van der Waals surface area contributed by atoms with Gasteiger partial charge in [-0.25, -0.2) is 0 Å². The summed E-state index contributed by atoms with van der Waals surface area (Å²) in [6, 6.07) is 13.9. The summed E-state index contributed by atoms with van der Waals surface area (Å²) >= 11 is 6.08. The van der Waals surface area contributed by atoms with Crippen LogP contribution in [0.4, 0.5) is 0 Å². The van der Waals surface area contributed by atoms with Gasteiger partial charge in [0.2, 0.25) is 0 Å². The van der Waals surface area contributed by atoms with Crippen molar-refractivity contribution in [1.82, 2.24) is 5.32 Å². The quantitative estimate of drug-likeness (QED) is 0.800. The van der Waals surface area contributed by atoms with Gasteiger partial charge in [0.15, 0.2) is 0 Å². The molecular formula is C18H22ClNO. The molecule has 0 aliphatic carbocycles. The third-order valence-electron chi connectivity index (χ3n) is 3.76. The lowest BCUT2D eigenvalue weighted by atomic mass is 10.00. The van der Waals surface area contributed by atoms with Crippen molar-refractivity contribution in [2.24, 2.45) is 0 Å². The van der Waals surface area contributed by atoms with E-state index < -0.39 is 0 Å². The molecule has 3 heteroatoms. The number of phenolic OH excluding ortho intramolecular Hbond substituents is 1. The number of phenols is 1. The minimum Gasteiger partial charge on any atom is -0.508 e. The first-order valence-corrected chi connectivity index (χ1v) is 7.70. The Bertz CT molecular complexity index is 612. The van der Waals surface area contributed by atoms with Crippen LogP contribution in [0, 0.1) is 6.92 Å². The Hall–Kier alpha value is -1.51. The minimum atomic E-state index is 0.0637. The van der Waals surface area contributed by atoms with Crippen LogP contribution in [0.2, 0.25) is 5.02 Å². The molecule has 0 saturated heterocycles. The lowest BCUT2D eigenvalue weighted by molar-refractivity contribution is 0.424. The molecule has 0 spiro atoms. The number of nitrogens with one attached hydrogen (secondary N) is 1. The van der Waals surface area contributed by atoms with Crippen LogP contribution in [-0.4, -0.2) is 5.11 Å². The zero-order valence-electron chi connectivity index (χ0n) is 12.7. The highest BCUT2D eigenvalue weighted by Crippen LogP contribution is 2.29. The maximum atomic E-state index is 10.0. The second-order valence-electron chi connectivity index (χ2n) is 5.47. The molecule has 2 nitrogen and oxygen atoms in total. The lowest BCUT2D eigenvalue weighted by Gasteiger charge is -2.24. The summed E-state index contributed by atoms with van der Waals surface area (Å²) in [7, 11) is 0. The van der Waals surface area contributed by atoms with Crippen molar-refractivity contribution in [3.8, 4) is 5.75 Å². The van der Waals surface area contributed by atoms with Crippen molar-refractivity contribution in [3.63, 3.8) is 0 Å². The molecule has 0 radical (unpaired) electrons. The average molecular weight is 304 g/mol. The van der Waals surface area contributed by atoms with E-state index in [1.54, 1.807) is 6.07 Å². The van der Waals surface area contributed by atoms with Crippen molar-refractivity contribution >= 4 is 11.6 Å². The number of benzene rings is 2. The van der Waals surface area contributed by atoms with Crippen LogP contribution in [0.1, 0.15) is 49.0 Å². The highest BCUT2D eigenvalue weighted by Gasteiger charge is 2.16. The summed E-state index contributed by atoms with van der Waals surface area (Å²) in [6.07, 6.45) is 0.956. The maximum Gasteiger partial charge on any atom is 0.120 e. The van der Waals surface area contributed by atoms with E-state index in [1.807, 2.05) is 37.3 Å². The second-order valence-corrected chi connectivity index (χ2v) is 5.90. The molecule has 2 atom stereocenters. The second kappa shape index (κ2) is 6.97. The van der Waals surface area contributed by atoms with Gasteiger partial charge in [0, 0.05) is 22.7 Å². The number of halogens is 1. The van der Waals surface area contributed by atoms with Gasteiger partial charge in [-0.2, -0.15) is 0 Å². The molecular weight excluding hydrogens is 282 g/mol. The topological polar surface area (TPSA) is 32.3 Å². The zero-order valence-corrected chi connectivity index (χ0v) is 13.5. The Morgan fingerprint density at radius 2 is 1.95 bits per heavy atom. The van der Waals surface area contributed by atoms with Gasteiger partial charge in [-0.15, -0.1) is 0 Å².